The Hall–Kier alpha value is -4.65. The third-order valence-corrected chi connectivity index (χ3v) is 12.7. The van der Waals surface area contributed by atoms with Crippen molar-refractivity contribution < 1.29 is 59.7 Å². The van der Waals surface area contributed by atoms with Crippen molar-refractivity contribution in [1.82, 2.24) is 25.2 Å². The van der Waals surface area contributed by atoms with Crippen molar-refractivity contribution in [2.24, 2.45) is 5.92 Å². The van der Waals surface area contributed by atoms with Crippen molar-refractivity contribution in [3.63, 3.8) is 0 Å². The molecule has 2 saturated carbocycles. The summed E-state index contributed by atoms with van der Waals surface area (Å²) < 4.78 is 91.9. The van der Waals surface area contributed by atoms with Crippen LogP contribution in [0, 0.1) is 5.92 Å². The van der Waals surface area contributed by atoms with Crippen LogP contribution < -0.4 is 24.8 Å². The van der Waals surface area contributed by atoms with Gasteiger partial charge in [-0.15, -0.1) is 0 Å². The van der Waals surface area contributed by atoms with Crippen LogP contribution in [0.5, 0.6) is 11.6 Å². The molecule has 4 amide bonds. The lowest BCUT2D eigenvalue weighted by molar-refractivity contribution is -0.244. The maximum absolute atomic E-state index is 14.8. The van der Waals surface area contributed by atoms with Gasteiger partial charge < -0.3 is 34.5 Å². The highest BCUT2D eigenvalue weighted by Crippen LogP contribution is 2.46. The topological polar surface area (TPSA) is 192 Å². The second-order valence-electron chi connectivity index (χ2n) is 15.5. The van der Waals surface area contributed by atoms with Crippen LogP contribution in [-0.2, 0) is 33.9 Å². The molecule has 1 aromatic heterocycles. The number of pyridine rings is 1. The molecule has 1 saturated heterocycles. The van der Waals surface area contributed by atoms with Gasteiger partial charge in [0.1, 0.15) is 29.5 Å². The van der Waals surface area contributed by atoms with Gasteiger partial charge in [0.15, 0.2) is 0 Å². The summed E-state index contributed by atoms with van der Waals surface area (Å²) in [7, 11) is -2.51. The summed E-state index contributed by atoms with van der Waals surface area (Å²) in [4.78, 5) is 61.7. The van der Waals surface area contributed by atoms with Crippen LogP contribution >= 0.6 is 0 Å². The molecule has 3 heterocycles. The molecular weight excluding hydrogens is 776 g/mol. The van der Waals surface area contributed by atoms with E-state index in [9.17, 15) is 40.8 Å². The number of rotatable bonds is 9. The van der Waals surface area contributed by atoms with Crippen molar-refractivity contribution in [2.45, 2.75) is 126 Å². The molecule has 312 valence electrons. The summed E-state index contributed by atoms with van der Waals surface area (Å²) in [5.41, 5.74) is -4.58. The van der Waals surface area contributed by atoms with Gasteiger partial charge >= 0.3 is 12.3 Å². The summed E-state index contributed by atoms with van der Waals surface area (Å²) in [6.07, 6.45) is -2.33. The summed E-state index contributed by atoms with van der Waals surface area (Å²) in [5, 5.41) is 5.60. The number of aromatic nitrogens is 1. The van der Waals surface area contributed by atoms with Crippen LogP contribution in [0.25, 0.3) is 10.8 Å². The largest absolute Gasteiger partial charge is 0.494 e. The van der Waals surface area contributed by atoms with Crippen LogP contribution in [0.1, 0.15) is 72.6 Å². The molecule has 57 heavy (non-hydrogen) atoms. The third-order valence-electron chi connectivity index (χ3n) is 10.9. The third kappa shape index (κ3) is 8.93. The number of nitrogens with zero attached hydrogens (tertiary/aromatic N) is 2. The highest BCUT2D eigenvalue weighted by Gasteiger charge is 2.62. The average Bonchev–Trinajstić information content (AvgIpc) is 4.07. The van der Waals surface area contributed by atoms with Crippen molar-refractivity contribution >= 4 is 44.6 Å². The van der Waals surface area contributed by atoms with Gasteiger partial charge in [0.2, 0.25) is 33.3 Å². The molecule has 2 aromatic rings. The Kier molecular flexibility index (Phi) is 11.7. The van der Waals surface area contributed by atoms with Crippen LogP contribution in [0.4, 0.5) is 18.0 Å². The zero-order chi connectivity index (χ0) is 41.5. The molecule has 2 aliphatic heterocycles. The Bertz CT molecular complexity index is 2030. The van der Waals surface area contributed by atoms with E-state index in [0.29, 0.717) is 56.1 Å². The molecular formula is C38H48F3N5O10S. The van der Waals surface area contributed by atoms with Gasteiger partial charge in [-0.05, 0) is 65.4 Å². The normalized spacial score (nSPS) is 29.2. The summed E-state index contributed by atoms with van der Waals surface area (Å²) in [6.45, 7) is 4.48. The van der Waals surface area contributed by atoms with Gasteiger partial charge in [0, 0.05) is 23.1 Å². The standard InChI is InChI=1S/C38H48F3N5O10S/c1-6-28-30(43-35(50)56-36(3,4)38(39,40)41)33(48)46-20-23(55-32-26-14-10-9-13-25(26)29(53-5)19-42-32)17-27(46)31(47)44-37(34(49)45-57(51,52)24-15-16-24)18-22(37)12-8-7-11-21(2)54-28/h8-10,12-14,19,21-24,27-28,30H,6-7,11,15-18,20H2,1-5H3,(H,43,50)(H,44,47)(H,45,49)/b12-8-/t21-,22-,23-,27+,28+,30+,37-/m1/s1. The maximum Gasteiger partial charge on any atom is 0.427 e. The number of alkyl halides is 3. The van der Waals surface area contributed by atoms with E-state index in [2.05, 4.69) is 20.3 Å². The number of fused-ring (bicyclic) bond motifs is 3. The number of sulfonamides is 1. The predicted octanol–water partition coefficient (Wildman–Crippen LogP) is 4.04. The van der Waals surface area contributed by atoms with E-state index in [1.807, 2.05) is 0 Å². The number of carbonyl (C=O) groups excluding carboxylic acids is 4. The number of nitrogens with one attached hydrogen (secondary N) is 3. The molecule has 3 fully saturated rings. The zero-order valence-corrected chi connectivity index (χ0v) is 33.1. The number of methoxy groups -OCH3 is 1. The first kappa shape index (κ1) is 42.0. The number of carbonyl (C=O) groups is 4. The lowest BCUT2D eigenvalue weighted by Gasteiger charge is -2.35. The van der Waals surface area contributed by atoms with E-state index in [-0.39, 0.29) is 31.7 Å². The molecule has 0 spiro atoms. The molecule has 0 unspecified atom stereocenters. The first-order chi connectivity index (χ1) is 26.8. The van der Waals surface area contributed by atoms with E-state index in [1.54, 1.807) is 50.3 Å². The number of allylic oxidation sites excluding steroid dienone is 1. The van der Waals surface area contributed by atoms with E-state index >= 15 is 0 Å². The maximum atomic E-state index is 14.8. The van der Waals surface area contributed by atoms with Crippen LogP contribution in [0.15, 0.2) is 42.6 Å². The van der Waals surface area contributed by atoms with Crippen LogP contribution in [-0.4, -0.2) is 109 Å². The molecule has 0 bridgehead atoms. The number of alkyl carbamates (subject to hydrolysis) is 1. The summed E-state index contributed by atoms with van der Waals surface area (Å²) >= 11 is 0. The lowest BCUT2D eigenvalue weighted by atomic mass is 10.0. The number of benzene rings is 1. The smallest absolute Gasteiger partial charge is 0.427 e. The SMILES string of the molecule is CC[C@@H]1O[C@H](C)CC/C=C\[C@@H]2C[C@@]2(C(=O)NS(=O)(=O)C2CC2)NC(=O)[C@@H]2C[C@@H](Oc3ncc(OC)c4ccccc34)CN2C(=O)[C@H]1NC(=O)OC(C)(C)C(F)(F)F. The molecule has 19 heteroatoms. The number of amides is 4. The second kappa shape index (κ2) is 15.9. The van der Waals surface area contributed by atoms with E-state index in [0.717, 1.165) is 4.90 Å². The molecule has 3 N–H and O–H groups in total. The van der Waals surface area contributed by atoms with Crippen molar-refractivity contribution in [1.29, 1.82) is 0 Å². The molecule has 4 aliphatic rings. The van der Waals surface area contributed by atoms with E-state index < -0.39 is 92.7 Å². The number of halogens is 3. The van der Waals surface area contributed by atoms with Crippen LogP contribution in [0.3, 0.4) is 0 Å². The quantitative estimate of drug-likeness (QED) is 0.310. The monoisotopic (exact) mass is 823 g/mol. The molecule has 0 radical (unpaired) electrons. The first-order valence-electron chi connectivity index (χ1n) is 19.0. The van der Waals surface area contributed by atoms with Gasteiger partial charge in [-0.3, -0.25) is 19.1 Å². The van der Waals surface area contributed by atoms with Gasteiger partial charge in [-0.1, -0.05) is 37.3 Å². The van der Waals surface area contributed by atoms with E-state index in [1.165, 1.54) is 13.3 Å². The van der Waals surface area contributed by atoms with Crippen LogP contribution in [0.2, 0.25) is 0 Å². The van der Waals surface area contributed by atoms with E-state index in [4.69, 9.17) is 18.9 Å². The Morgan fingerprint density at radius 2 is 1.82 bits per heavy atom. The highest BCUT2D eigenvalue weighted by atomic mass is 32.2. The Balaban J connectivity index is 1.37. The fraction of sp³-hybridized carbons (Fsp3) is 0.605. The fourth-order valence-corrected chi connectivity index (χ4v) is 8.57. The Morgan fingerprint density at radius 3 is 2.47 bits per heavy atom. The minimum absolute atomic E-state index is 0.0819. The Labute approximate surface area is 328 Å². The van der Waals surface area contributed by atoms with Crippen molar-refractivity contribution in [2.75, 3.05) is 13.7 Å². The van der Waals surface area contributed by atoms with Gasteiger partial charge in [0.05, 0.1) is 37.3 Å². The minimum atomic E-state index is -4.94. The minimum Gasteiger partial charge on any atom is -0.494 e. The molecule has 7 atom stereocenters. The molecule has 15 nitrogen and oxygen atoms in total. The molecule has 2 aliphatic carbocycles. The number of hydrogen-bond acceptors (Lipinski definition) is 11. The number of ether oxygens (including phenoxy) is 4. The summed E-state index contributed by atoms with van der Waals surface area (Å²) in [6, 6.07) is 4.11. The summed E-state index contributed by atoms with van der Waals surface area (Å²) in [5.74, 6) is -2.54. The second-order valence-corrected chi connectivity index (χ2v) is 17.5. The Morgan fingerprint density at radius 1 is 1.12 bits per heavy atom. The number of hydrogen-bond donors (Lipinski definition) is 3. The van der Waals surface area contributed by atoms with Crippen molar-refractivity contribution in [3.05, 3.63) is 42.6 Å². The van der Waals surface area contributed by atoms with Crippen molar-refractivity contribution in [3.8, 4) is 11.6 Å². The fourth-order valence-electron chi connectivity index (χ4n) is 7.20. The predicted molar refractivity (Wildman–Crippen MR) is 198 cm³/mol. The molecule has 6 rings (SSSR count). The zero-order valence-electron chi connectivity index (χ0n) is 32.3. The van der Waals surface area contributed by atoms with Gasteiger partial charge in [0.25, 0.3) is 5.91 Å². The van der Waals surface area contributed by atoms with Gasteiger partial charge in [-0.2, -0.15) is 13.2 Å². The average molecular weight is 824 g/mol. The first-order valence-corrected chi connectivity index (χ1v) is 20.5. The highest BCUT2D eigenvalue weighted by molar-refractivity contribution is 7.91. The lowest BCUT2D eigenvalue weighted by Crippen LogP contribution is -2.61. The molecule has 1 aromatic carbocycles. The van der Waals surface area contributed by atoms with Gasteiger partial charge in [-0.25, -0.2) is 18.2 Å².